The molecule has 0 aliphatic heterocycles. The van der Waals surface area contributed by atoms with Gasteiger partial charge in [0.15, 0.2) is 0 Å². The van der Waals surface area contributed by atoms with Crippen molar-refractivity contribution < 1.29 is 17.6 Å². The molecule has 0 heterocycles. The van der Waals surface area contributed by atoms with E-state index >= 15 is 0 Å². The molecule has 2 aromatic rings. The molecule has 0 aliphatic carbocycles. The van der Waals surface area contributed by atoms with Gasteiger partial charge in [-0.3, -0.25) is 0 Å². The molecule has 0 spiro atoms. The van der Waals surface area contributed by atoms with E-state index in [4.69, 9.17) is 11.6 Å². The molecule has 0 saturated heterocycles. The van der Waals surface area contributed by atoms with Gasteiger partial charge in [-0.2, -0.15) is 13.2 Å². The van der Waals surface area contributed by atoms with Crippen molar-refractivity contribution in [2.75, 3.05) is 5.32 Å². The Kier molecular flexibility index (Phi) is 4.18. The highest BCUT2D eigenvalue weighted by Crippen LogP contribution is 2.30. The molecule has 1 N–H and O–H groups in total. The maximum atomic E-state index is 13.2. The number of nitrogens with one attached hydrogen (secondary N) is 1. The highest BCUT2D eigenvalue weighted by Gasteiger charge is 2.31. The highest BCUT2D eigenvalue weighted by molar-refractivity contribution is 6.33. The Morgan fingerprint density at radius 2 is 1.75 bits per heavy atom. The molecule has 0 aliphatic rings. The van der Waals surface area contributed by atoms with E-state index in [2.05, 4.69) is 5.32 Å². The second-order valence-electron chi connectivity index (χ2n) is 4.18. The molecule has 2 aromatic carbocycles. The number of anilines is 1. The molecule has 0 amide bonds. The summed E-state index contributed by atoms with van der Waals surface area (Å²) in [6.07, 6.45) is -4.57. The van der Waals surface area contributed by atoms with Crippen LogP contribution in [0.1, 0.15) is 11.1 Å². The zero-order valence-corrected chi connectivity index (χ0v) is 10.9. The van der Waals surface area contributed by atoms with Crippen molar-refractivity contribution in [3.05, 3.63) is 64.4 Å². The first-order valence-electron chi connectivity index (χ1n) is 5.71. The Morgan fingerprint density at radius 1 is 1.05 bits per heavy atom. The Morgan fingerprint density at radius 3 is 2.40 bits per heavy atom. The van der Waals surface area contributed by atoms with Crippen molar-refractivity contribution in [3.8, 4) is 0 Å². The summed E-state index contributed by atoms with van der Waals surface area (Å²) in [4.78, 5) is 0. The first-order chi connectivity index (χ1) is 9.36. The van der Waals surface area contributed by atoms with Gasteiger partial charge in [0.2, 0.25) is 0 Å². The molecule has 20 heavy (non-hydrogen) atoms. The summed E-state index contributed by atoms with van der Waals surface area (Å²) in [6.45, 7) is 0.0462. The second-order valence-corrected chi connectivity index (χ2v) is 4.59. The predicted molar refractivity (Wildman–Crippen MR) is 70.2 cm³/mol. The fourth-order valence-corrected chi connectivity index (χ4v) is 1.92. The van der Waals surface area contributed by atoms with Crippen LogP contribution in [-0.4, -0.2) is 0 Å². The van der Waals surface area contributed by atoms with E-state index in [0.717, 1.165) is 12.1 Å². The van der Waals surface area contributed by atoms with E-state index in [1.165, 1.54) is 0 Å². The van der Waals surface area contributed by atoms with Crippen LogP contribution in [0.3, 0.4) is 0 Å². The van der Waals surface area contributed by atoms with Gasteiger partial charge in [-0.1, -0.05) is 23.7 Å². The van der Waals surface area contributed by atoms with Gasteiger partial charge >= 0.3 is 6.18 Å². The molecular weight excluding hydrogens is 294 g/mol. The molecule has 1 nitrogen and oxygen atoms in total. The zero-order valence-electron chi connectivity index (χ0n) is 10.1. The summed E-state index contributed by atoms with van der Waals surface area (Å²) in [5.41, 5.74) is -0.238. The topological polar surface area (TPSA) is 12.0 Å². The summed E-state index contributed by atoms with van der Waals surface area (Å²) >= 11 is 5.91. The van der Waals surface area contributed by atoms with Crippen molar-refractivity contribution >= 4 is 17.3 Å². The largest absolute Gasteiger partial charge is 0.416 e. The van der Waals surface area contributed by atoms with Gasteiger partial charge in [0.1, 0.15) is 5.82 Å². The minimum absolute atomic E-state index is 0.0462. The number of rotatable bonds is 3. The number of para-hydroxylation sites is 1. The molecule has 106 valence electrons. The highest BCUT2D eigenvalue weighted by atomic mass is 35.5. The van der Waals surface area contributed by atoms with Gasteiger partial charge in [-0.25, -0.2) is 4.39 Å². The zero-order chi connectivity index (χ0) is 14.8. The quantitative estimate of drug-likeness (QED) is 0.777. The molecule has 2 rings (SSSR count). The lowest BCUT2D eigenvalue weighted by Gasteiger charge is -2.11. The summed E-state index contributed by atoms with van der Waals surface area (Å²) in [5, 5.41) is 3.31. The molecule has 0 saturated carbocycles. The fourth-order valence-electron chi connectivity index (χ4n) is 1.72. The standard InChI is InChI=1S/C14H10ClF4N/c15-12-3-1-2-4-13(12)20-8-9-5-10(14(17,18)19)7-11(16)6-9/h1-7,20H,8H2. The van der Waals surface area contributed by atoms with Gasteiger partial charge < -0.3 is 5.32 Å². The lowest BCUT2D eigenvalue weighted by molar-refractivity contribution is -0.137. The van der Waals surface area contributed by atoms with E-state index in [1.54, 1.807) is 24.3 Å². The lowest BCUT2D eigenvalue weighted by Crippen LogP contribution is -2.08. The van der Waals surface area contributed by atoms with E-state index in [1.807, 2.05) is 0 Å². The third kappa shape index (κ3) is 3.63. The smallest absolute Gasteiger partial charge is 0.380 e. The number of hydrogen-bond acceptors (Lipinski definition) is 1. The molecule has 0 radical (unpaired) electrons. The maximum absolute atomic E-state index is 13.2. The van der Waals surface area contributed by atoms with Crippen LogP contribution in [-0.2, 0) is 12.7 Å². The molecule has 6 heteroatoms. The average Bonchev–Trinajstić information content (AvgIpc) is 2.36. The third-order valence-corrected chi connectivity index (χ3v) is 2.97. The van der Waals surface area contributed by atoms with Crippen LogP contribution in [0.4, 0.5) is 23.2 Å². The van der Waals surface area contributed by atoms with Crippen LogP contribution in [0.2, 0.25) is 5.02 Å². The van der Waals surface area contributed by atoms with Gasteiger partial charge in [0.05, 0.1) is 16.3 Å². The van der Waals surface area contributed by atoms with Gasteiger partial charge in [-0.15, -0.1) is 0 Å². The minimum atomic E-state index is -4.57. The van der Waals surface area contributed by atoms with Crippen LogP contribution in [0.25, 0.3) is 0 Å². The maximum Gasteiger partial charge on any atom is 0.416 e. The lowest BCUT2D eigenvalue weighted by atomic mass is 10.1. The van der Waals surface area contributed by atoms with E-state index in [9.17, 15) is 17.6 Å². The predicted octanol–water partition coefficient (Wildman–Crippen LogP) is 5.11. The first kappa shape index (κ1) is 14.7. The van der Waals surface area contributed by atoms with Gasteiger partial charge in [-0.05, 0) is 35.9 Å². The van der Waals surface area contributed by atoms with Crippen molar-refractivity contribution in [3.63, 3.8) is 0 Å². The molecule has 0 fully saturated rings. The van der Waals surface area contributed by atoms with Crippen LogP contribution < -0.4 is 5.32 Å². The van der Waals surface area contributed by atoms with Crippen LogP contribution in [0, 0.1) is 5.82 Å². The van der Waals surface area contributed by atoms with Crippen molar-refractivity contribution in [2.24, 2.45) is 0 Å². The Balaban J connectivity index is 2.18. The summed E-state index contributed by atoms with van der Waals surface area (Å²) in [5.74, 6) is -0.921. The van der Waals surface area contributed by atoms with E-state index in [0.29, 0.717) is 16.8 Å². The van der Waals surface area contributed by atoms with Crippen molar-refractivity contribution in [1.29, 1.82) is 0 Å². The number of halogens is 5. The molecular formula is C14H10ClF4N. The summed E-state index contributed by atoms with van der Waals surface area (Å²) < 4.78 is 50.9. The minimum Gasteiger partial charge on any atom is -0.380 e. The summed E-state index contributed by atoms with van der Waals surface area (Å²) in [6, 6.07) is 9.24. The Bertz CT molecular complexity index is 610. The first-order valence-corrected chi connectivity index (χ1v) is 6.09. The Hall–Kier alpha value is -1.75. The van der Waals surface area contributed by atoms with E-state index in [-0.39, 0.29) is 12.1 Å². The number of alkyl halides is 3. The molecule has 0 aromatic heterocycles. The van der Waals surface area contributed by atoms with E-state index < -0.39 is 17.6 Å². The van der Waals surface area contributed by atoms with Crippen molar-refractivity contribution in [2.45, 2.75) is 12.7 Å². The summed E-state index contributed by atoms with van der Waals surface area (Å²) in [7, 11) is 0. The van der Waals surface area contributed by atoms with Gasteiger partial charge in [0.25, 0.3) is 0 Å². The molecule has 0 bridgehead atoms. The molecule has 0 atom stereocenters. The normalized spacial score (nSPS) is 11.4. The second kappa shape index (κ2) is 5.71. The Labute approximate surface area is 118 Å². The van der Waals surface area contributed by atoms with Crippen LogP contribution in [0.15, 0.2) is 42.5 Å². The average molecular weight is 304 g/mol. The number of benzene rings is 2. The third-order valence-electron chi connectivity index (χ3n) is 2.64. The monoisotopic (exact) mass is 303 g/mol. The van der Waals surface area contributed by atoms with Crippen LogP contribution in [0.5, 0.6) is 0 Å². The van der Waals surface area contributed by atoms with Gasteiger partial charge in [0, 0.05) is 6.54 Å². The van der Waals surface area contributed by atoms with Crippen molar-refractivity contribution in [1.82, 2.24) is 0 Å². The number of hydrogen-bond donors (Lipinski definition) is 1. The van der Waals surface area contributed by atoms with Crippen LogP contribution >= 0.6 is 11.6 Å². The SMILES string of the molecule is Fc1cc(CNc2ccccc2Cl)cc(C(F)(F)F)c1. The fraction of sp³-hybridized carbons (Fsp3) is 0.143. The molecule has 0 unspecified atom stereocenters.